The molecule has 0 bridgehead atoms. The minimum Gasteiger partial charge on any atom is -0.325 e. The Labute approximate surface area is 155 Å². The van der Waals surface area contributed by atoms with Crippen molar-refractivity contribution in [3.8, 4) is 11.1 Å². The van der Waals surface area contributed by atoms with Crippen molar-refractivity contribution in [1.82, 2.24) is 4.98 Å². The van der Waals surface area contributed by atoms with Gasteiger partial charge in [-0.05, 0) is 12.1 Å². The van der Waals surface area contributed by atoms with Crippen LogP contribution >= 0.6 is 0 Å². The third-order valence-electron chi connectivity index (χ3n) is 3.90. The van der Waals surface area contributed by atoms with Gasteiger partial charge in [0, 0.05) is 33.8 Å². The predicted molar refractivity (Wildman–Crippen MR) is 106 cm³/mol. The second-order valence-electron chi connectivity index (χ2n) is 8.38. The molecule has 1 aromatic carbocycles. The van der Waals surface area contributed by atoms with Crippen LogP contribution in [0.3, 0.4) is 0 Å². The summed E-state index contributed by atoms with van der Waals surface area (Å²) in [5.41, 5.74) is 1.93. The first-order chi connectivity index (χ1) is 12.0. The van der Waals surface area contributed by atoms with Crippen LogP contribution in [-0.4, -0.2) is 16.8 Å². The lowest BCUT2D eigenvalue weighted by molar-refractivity contribution is -0.123. The molecule has 138 valence electrons. The van der Waals surface area contributed by atoms with Crippen LogP contribution in [-0.2, 0) is 9.59 Å². The van der Waals surface area contributed by atoms with Gasteiger partial charge in [-0.2, -0.15) is 0 Å². The molecule has 0 saturated heterocycles. The van der Waals surface area contributed by atoms with Gasteiger partial charge < -0.3 is 10.6 Å². The molecule has 1 heterocycles. The van der Waals surface area contributed by atoms with Gasteiger partial charge in [-0.15, -0.1) is 0 Å². The lowest BCUT2D eigenvalue weighted by Crippen LogP contribution is -2.28. The Hall–Kier alpha value is -2.69. The van der Waals surface area contributed by atoms with E-state index in [-0.39, 0.29) is 11.8 Å². The van der Waals surface area contributed by atoms with Crippen LogP contribution in [0.2, 0.25) is 0 Å². The molecular weight excluding hydrogens is 326 g/mol. The highest BCUT2D eigenvalue weighted by Crippen LogP contribution is 2.34. The highest BCUT2D eigenvalue weighted by Gasteiger charge is 2.24. The molecule has 2 N–H and O–H groups in total. The smallest absolute Gasteiger partial charge is 0.229 e. The third-order valence-corrected chi connectivity index (χ3v) is 3.90. The van der Waals surface area contributed by atoms with Crippen LogP contribution in [0.4, 0.5) is 11.4 Å². The van der Waals surface area contributed by atoms with E-state index in [1.54, 1.807) is 12.4 Å². The fourth-order valence-electron chi connectivity index (χ4n) is 2.18. The summed E-state index contributed by atoms with van der Waals surface area (Å²) in [5.74, 6) is -0.165. The molecule has 2 rings (SSSR count). The van der Waals surface area contributed by atoms with Gasteiger partial charge >= 0.3 is 0 Å². The maximum absolute atomic E-state index is 12.4. The van der Waals surface area contributed by atoms with Gasteiger partial charge in [-0.25, -0.2) is 0 Å². The molecule has 2 amide bonds. The van der Waals surface area contributed by atoms with Crippen molar-refractivity contribution < 1.29 is 9.59 Å². The van der Waals surface area contributed by atoms with E-state index in [0.29, 0.717) is 11.4 Å². The molecule has 0 aliphatic rings. The Balaban J connectivity index is 2.44. The Kier molecular flexibility index (Phi) is 5.50. The van der Waals surface area contributed by atoms with Crippen LogP contribution in [0.15, 0.2) is 42.7 Å². The minimum absolute atomic E-state index is 0.0701. The van der Waals surface area contributed by atoms with E-state index in [1.165, 1.54) is 0 Å². The van der Waals surface area contributed by atoms with Gasteiger partial charge in [-0.3, -0.25) is 14.6 Å². The van der Waals surface area contributed by atoms with Crippen molar-refractivity contribution in [1.29, 1.82) is 0 Å². The van der Waals surface area contributed by atoms with Gasteiger partial charge in [0.15, 0.2) is 0 Å². The summed E-state index contributed by atoms with van der Waals surface area (Å²) in [7, 11) is 0. The van der Waals surface area contributed by atoms with E-state index in [1.807, 2.05) is 71.9 Å². The Morgan fingerprint density at radius 2 is 1.27 bits per heavy atom. The maximum Gasteiger partial charge on any atom is 0.229 e. The monoisotopic (exact) mass is 353 g/mol. The number of para-hydroxylation sites is 1. The molecule has 0 unspecified atom stereocenters. The zero-order valence-electron chi connectivity index (χ0n) is 16.3. The molecule has 0 fully saturated rings. The Morgan fingerprint density at radius 3 is 1.85 bits per heavy atom. The van der Waals surface area contributed by atoms with Crippen molar-refractivity contribution in [2.45, 2.75) is 41.5 Å². The van der Waals surface area contributed by atoms with E-state index in [4.69, 9.17) is 0 Å². The standard InChI is InChI=1S/C21H27N3O2/c1-20(2,3)18(25)23-16-10-8-7-9-14(16)15-11-12-22-13-17(15)24-19(26)21(4,5)6/h7-13H,1-6H3,(H,23,25)(H,24,26). The number of pyridine rings is 1. The third kappa shape index (κ3) is 4.69. The van der Waals surface area contributed by atoms with Gasteiger partial charge in [0.2, 0.25) is 11.8 Å². The number of carbonyl (C=O) groups excluding carboxylic acids is 2. The zero-order valence-corrected chi connectivity index (χ0v) is 16.3. The lowest BCUT2D eigenvalue weighted by atomic mass is 9.94. The number of rotatable bonds is 3. The molecule has 0 aliphatic carbocycles. The van der Waals surface area contributed by atoms with Crippen molar-refractivity contribution >= 4 is 23.2 Å². The molecule has 5 heteroatoms. The molecule has 5 nitrogen and oxygen atoms in total. The fourth-order valence-corrected chi connectivity index (χ4v) is 2.18. The first-order valence-electron chi connectivity index (χ1n) is 8.66. The molecule has 0 atom stereocenters. The number of amides is 2. The van der Waals surface area contributed by atoms with Crippen LogP contribution in [0, 0.1) is 10.8 Å². The lowest BCUT2D eigenvalue weighted by Gasteiger charge is -2.21. The van der Waals surface area contributed by atoms with Crippen LogP contribution in [0.25, 0.3) is 11.1 Å². The van der Waals surface area contributed by atoms with E-state index >= 15 is 0 Å². The van der Waals surface area contributed by atoms with E-state index in [2.05, 4.69) is 15.6 Å². The number of hydrogen-bond acceptors (Lipinski definition) is 3. The maximum atomic E-state index is 12.4. The quantitative estimate of drug-likeness (QED) is 0.839. The first kappa shape index (κ1) is 19.6. The molecule has 0 aliphatic heterocycles. The number of hydrogen-bond donors (Lipinski definition) is 2. The molecule has 2 aromatic rings. The highest BCUT2D eigenvalue weighted by atomic mass is 16.2. The summed E-state index contributed by atoms with van der Waals surface area (Å²) in [5, 5.41) is 5.93. The van der Waals surface area contributed by atoms with Crippen LogP contribution in [0.5, 0.6) is 0 Å². The minimum atomic E-state index is -0.521. The van der Waals surface area contributed by atoms with Gasteiger partial charge in [-0.1, -0.05) is 59.7 Å². The van der Waals surface area contributed by atoms with Crippen molar-refractivity contribution in [3.05, 3.63) is 42.7 Å². The second kappa shape index (κ2) is 7.28. The molecule has 0 saturated carbocycles. The average molecular weight is 353 g/mol. The SMILES string of the molecule is CC(C)(C)C(=O)Nc1ccccc1-c1ccncc1NC(=O)C(C)(C)C. The van der Waals surface area contributed by atoms with Crippen LogP contribution < -0.4 is 10.6 Å². The molecular formula is C21H27N3O2. The average Bonchev–Trinajstić information content (AvgIpc) is 2.54. The van der Waals surface area contributed by atoms with E-state index in [9.17, 15) is 9.59 Å². The van der Waals surface area contributed by atoms with Gasteiger partial charge in [0.05, 0.1) is 11.9 Å². The number of nitrogens with one attached hydrogen (secondary N) is 2. The summed E-state index contributed by atoms with van der Waals surface area (Å²) in [6, 6.07) is 9.38. The Bertz CT molecular complexity index is 745. The van der Waals surface area contributed by atoms with Crippen molar-refractivity contribution in [3.63, 3.8) is 0 Å². The van der Waals surface area contributed by atoms with E-state index in [0.717, 1.165) is 11.1 Å². The molecule has 26 heavy (non-hydrogen) atoms. The molecule has 0 radical (unpaired) electrons. The summed E-state index contributed by atoms with van der Waals surface area (Å²) in [4.78, 5) is 29.0. The Morgan fingerprint density at radius 1 is 0.769 bits per heavy atom. The first-order valence-corrected chi connectivity index (χ1v) is 8.66. The van der Waals surface area contributed by atoms with Crippen molar-refractivity contribution in [2.24, 2.45) is 10.8 Å². The number of benzene rings is 1. The molecule has 0 spiro atoms. The van der Waals surface area contributed by atoms with Gasteiger partial charge in [0.25, 0.3) is 0 Å². The van der Waals surface area contributed by atoms with Gasteiger partial charge in [0.1, 0.15) is 0 Å². The number of carbonyl (C=O) groups is 2. The molecule has 1 aromatic heterocycles. The summed E-state index contributed by atoms with van der Waals surface area (Å²) < 4.78 is 0. The number of aromatic nitrogens is 1. The van der Waals surface area contributed by atoms with Crippen LogP contribution in [0.1, 0.15) is 41.5 Å². The summed E-state index contributed by atoms with van der Waals surface area (Å²) >= 11 is 0. The summed E-state index contributed by atoms with van der Waals surface area (Å²) in [6.45, 7) is 11.2. The zero-order chi connectivity index (χ0) is 19.5. The number of anilines is 2. The largest absolute Gasteiger partial charge is 0.325 e. The number of nitrogens with zero attached hydrogens (tertiary/aromatic N) is 1. The summed E-state index contributed by atoms with van der Waals surface area (Å²) in [6.07, 6.45) is 3.30. The fraction of sp³-hybridized carbons (Fsp3) is 0.381. The predicted octanol–water partition coefficient (Wildman–Crippen LogP) is 4.72. The van der Waals surface area contributed by atoms with Crippen molar-refractivity contribution in [2.75, 3.05) is 10.6 Å². The highest BCUT2D eigenvalue weighted by molar-refractivity contribution is 6.02. The second-order valence-corrected chi connectivity index (χ2v) is 8.38. The normalized spacial score (nSPS) is 11.8. The topological polar surface area (TPSA) is 71.1 Å². The van der Waals surface area contributed by atoms with E-state index < -0.39 is 10.8 Å².